The van der Waals surface area contributed by atoms with E-state index in [-0.39, 0.29) is 18.8 Å². The van der Waals surface area contributed by atoms with E-state index < -0.39 is 23.2 Å². The molecular weight excluding hydrogens is 407 g/mol. The third-order valence-corrected chi connectivity index (χ3v) is 4.18. The second-order valence-corrected chi connectivity index (χ2v) is 6.46. The van der Waals surface area contributed by atoms with Gasteiger partial charge in [0.1, 0.15) is 11.6 Å². The molecule has 0 bridgehead atoms. The Morgan fingerprint density at radius 3 is 2.29 bits per heavy atom. The van der Waals surface area contributed by atoms with Crippen LogP contribution in [0.25, 0.3) is 0 Å². The first kappa shape index (κ1) is 21.7. The van der Waals surface area contributed by atoms with Gasteiger partial charge in [-0.2, -0.15) is 13.2 Å². The van der Waals surface area contributed by atoms with Crippen LogP contribution in [0.15, 0.2) is 66.9 Å². The van der Waals surface area contributed by atoms with Crippen molar-refractivity contribution < 1.29 is 23.1 Å². The van der Waals surface area contributed by atoms with E-state index >= 15 is 0 Å². The number of hydrogen-bond donors (Lipinski definition) is 3. The van der Waals surface area contributed by atoms with Crippen molar-refractivity contribution in [3.8, 4) is 17.6 Å². The van der Waals surface area contributed by atoms with Gasteiger partial charge in [-0.25, -0.2) is 4.98 Å². The Morgan fingerprint density at radius 1 is 0.935 bits per heavy atom. The third-order valence-electron chi connectivity index (χ3n) is 4.18. The van der Waals surface area contributed by atoms with Crippen molar-refractivity contribution in [2.24, 2.45) is 0 Å². The monoisotopic (exact) mass is 425 g/mol. The molecule has 158 valence electrons. The van der Waals surface area contributed by atoms with Crippen molar-refractivity contribution in [2.75, 3.05) is 18.4 Å². The average Bonchev–Trinajstić information content (AvgIpc) is 2.76. The molecule has 5 nitrogen and oxygen atoms in total. The fourth-order valence-electron chi connectivity index (χ4n) is 2.65. The summed E-state index contributed by atoms with van der Waals surface area (Å²) in [5.41, 5.74) is 0.0642. The number of halogens is 3. The highest BCUT2D eigenvalue weighted by Crippen LogP contribution is 2.31. The summed E-state index contributed by atoms with van der Waals surface area (Å²) in [7, 11) is 0. The Labute approximate surface area is 177 Å². The number of alkyl halides is 3. The minimum atomic E-state index is -4.59. The number of amides is 1. The molecule has 0 aliphatic carbocycles. The van der Waals surface area contributed by atoms with Crippen LogP contribution in [-0.4, -0.2) is 29.1 Å². The van der Waals surface area contributed by atoms with Gasteiger partial charge in [-0.15, -0.1) is 0 Å². The summed E-state index contributed by atoms with van der Waals surface area (Å²) in [5, 5.41) is 14.7. The van der Waals surface area contributed by atoms with Crippen LogP contribution in [0.3, 0.4) is 0 Å². The van der Waals surface area contributed by atoms with E-state index in [4.69, 9.17) is 0 Å². The summed E-state index contributed by atoms with van der Waals surface area (Å²) in [4.78, 5) is 16.3. The van der Waals surface area contributed by atoms with Crippen LogP contribution in [0, 0.1) is 11.8 Å². The molecule has 0 saturated heterocycles. The molecule has 3 N–H and O–H groups in total. The van der Waals surface area contributed by atoms with Crippen LogP contribution < -0.4 is 10.6 Å². The van der Waals surface area contributed by atoms with Crippen molar-refractivity contribution in [3.05, 3.63) is 89.1 Å². The molecule has 0 radical (unpaired) electrons. The number of carbonyl (C=O) groups excluding carboxylic acids is 1. The van der Waals surface area contributed by atoms with Crippen LogP contribution in [-0.2, 0) is 6.18 Å². The molecule has 0 aliphatic rings. The number of nitrogens with zero attached hydrogens (tertiary/aromatic N) is 1. The largest absolute Gasteiger partial charge is 0.508 e. The van der Waals surface area contributed by atoms with Crippen molar-refractivity contribution in [1.29, 1.82) is 0 Å². The summed E-state index contributed by atoms with van der Waals surface area (Å²) in [6.45, 7) is 0.403. The lowest BCUT2D eigenvalue weighted by Gasteiger charge is -2.13. The molecule has 0 saturated carbocycles. The highest BCUT2D eigenvalue weighted by atomic mass is 19.4. The van der Waals surface area contributed by atoms with Gasteiger partial charge >= 0.3 is 6.18 Å². The van der Waals surface area contributed by atoms with E-state index in [1.807, 2.05) is 0 Å². The summed E-state index contributed by atoms with van der Waals surface area (Å²) in [6, 6.07) is 14.6. The first-order valence-corrected chi connectivity index (χ1v) is 9.28. The topological polar surface area (TPSA) is 74.2 Å². The fourth-order valence-corrected chi connectivity index (χ4v) is 2.65. The molecule has 31 heavy (non-hydrogen) atoms. The van der Waals surface area contributed by atoms with Gasteiger partial charge < -0.3 is 15.7 Å². The molecule has 8 heteroatoms. The van der Waals surface area contributed by atoms with Crippen molar-refractivity contribution in [3.63, 3.8) is 0 Å². The van der Waals surface area contributed by atoms with Crippen LogP contribution >= 0.6 is 0 Å². The van der Waals surface area contributed by atoms with Gasteiger partial charge in [-0.05, 0) is 48.5 Å². The second-order valence-electron chi connectivity index (χ2n) is 6.46. The molecule has 1 aromatic heterocycles. The quantitative estimate of drug-likeness (QED) is 0.426. The summed E-state index contributed by atoms with van der Waals surface area (Å²) in [5.74, 6) is 5.83. The van der Waals surface area contributed by atoms with E-state index in [1.54, 1.807) is 42.6 Å². The molecule has 3 aromatic rings. The number of rotatable bonds is 5. The van der Waals surface area contributed by atoms with Crippen LogP contribution in [0.1, 0.15) is 27.0 Å². The summed E-state index contributed by atoms with van der Waals surface area (Å²) in [6.07, 6.45) is -3.02. The number of phenols is 1. The standard InChI is InChI=1S/C23H18F3N3O2/c24-23(25,26)20-4-2-1-3-19(20)22(31)28-14-13-27-21-12-9-17(15-29-21)6-5-16-7-10-18(30)11-8-16/h1-4,7-12,15,30H,13-14H2,(H,27,29)(H,28,31). The average molecular weight is 425 g/mol. The number of hydrogen-bond acceptors (Lipinski definition) is 4. The molecule has 0 spiro atoms. The van der Waals surface area contributed by atoms with Gasteiger partial charge in [-0.1, -0.05) is 24.0 Å². The molecule has 0 atom stereocenters. The molecule has 1 amide bonds. The Hall–Kier alpha value is -3.99. The van der Waals surface area contributed by atoms with Gasteiger partial charge in [0.2, 0.25) is 0 Å². The maximum atomic E-state index is 13.0. The highest BCUT2D eigenvalue weighted by Gasteiger charge is 2.34. The molecule has 2 aromatic carbocycles. The first-order valence-electron chi connectivity index (χ1n) is 9.28. The van der Waals surface area contributed by atoms with Crippen LogP contribution in [0.2, 0.25) is 0 Å². The van der Waals surface area contributed by atoms with Crippen molar-refractivity contribution in [1.82, 2.24) is 10.3 Å². The number of nitrogens with one attached hydrogen (secondary N) is 2. The molecule has 0 fully saturated rings. The zero-order chi connectivity index (χ0) is 22.3. The van der Waals surface area contributed by atoms with Gasteiger partial charge in [0.25, 0.3) is 5.91 Å². The number of benzene rings is 2. The SMILES string of the molecule is O=C(NCCNc1ccc(C#Cc2ccc(O)cc2)cn1)c1ccccc1C(F)(F)F. The lowest BCUT2D eigenvalue weighted by molar-refractivity contribution is -0.137. The predicted molar refractivity (Wildman–Crippen MR) is 111 cm³/mol. The zero-order valence-corrected chi connectivity index (χ0v) is 16.2. The number of aromatic hydroxyl groups is 1. The smallest absolute Gasteiger partial charge is 0.417 e. The maximum absolute atomic E-state index is 13.0. The van der Waals surface area contributed by atoms with E-state index in [0.717, 1.165) is 17.7 Å². The van der Waals surface area contributed by atoms with Crippen molar-refractivity contribution in [2.45, 2.75) is 6.18 Å². The van der Waals surface area contributed by atoms with E-state index in [9.17, 15) is 23.1 Å². The Kier molecular flexibility index (Phi) is 6.78. The van der Waals surface area contributed by atoms with Gasteiger partial charge in [0.15, 0.2) is 0 Å². The second kappa shape index (κ2) is 9.67. The number of pyridine rings is 1. The lowest BCUT2D eigenvalue weighted by atomic mass is 10.1. The van der Waals surface area contributed by atoms with Crippen molar-refractivity contribution >= 4 is 11.7 Å². The van der Waals surface area contributed by atoms with Gasteiger partial charge in [0.05, 0.1) is 11.1 Å². The normalized spacial score (nSPS) is 10.7. The Morgan fingerprint density at radius 2 is 1.61 bits per heavy atom. The third kappa shape index (κ3) is 6.24. The Bertz CT molecular complexity index is 1100. The summed E-state index contributed by atoms with van der Waals surface area (Å²) < 4.78 is 39.0. The molecule has 3 rings (SSSR count). The number of aromatic nitrogens is 1. The minimum absolute atomic E-state index is 0.120. The van der Waals surface area contributed by atoms with Gasteiger partial charge in [0, 0.05) is 30.4 Å². The number of carbonyl (C=O) groups is 1. The number of anilines is 1. The van der Waals surface area contributed by atoms with E-state index in [1.165, 1.54) is 12.1 Å². The maximum Gasteiger partial charge on any atom is 0.417 e. The summed E-state index contributed by atoms with van der Waals surface area (Å²) >= 11 is 0. The predicted octanol–water partition coefficient (Wildman–Crippen LogP) is 4.05. The lowest BCUT2D eigenvalue weighted by Crippen LogP contribution is -2.30. The van der Waals surface area contributed by atoms with E-state index in [2.05, 4.69) is 27.5 Å². The number of phenolic OH excluding ortho intramolecular Hbond substituents is 1. The Balaban J connectivity index is 1.49. The molecule has 0 aliphatic heterocycles. The molecule has 0 unspecified atom stereocenters. The van der Waals surface area contributed by atoms with Crippen LogP contribution in [0.4, 0.5) is 19.0 Å². The molecule has 1 heterocycles. The highest BCUT2D eigenvalue weighted by molar-refractivity contribution is 5.95. The molecular formula is C23H18F3N3O2. The zero-order valence-electron chi connectivity index (χ0n) is 16.2. The van der Waals surface area contributed by atoms with Gasteiger partial charge in [-0.3, -0.25) is 4.79 Å². The van der Waals surface area contributed by atoms with E-state index in [0.29, 0.717) is 11.4 Å². The minimum Gasteiger partial charge on any atom is -0.508 e. The fraction of sp³-hybridized carbons (Fsp3) is 0.130. The first-order chi connectivity index (χ1) is 14.8. The van der Waals surface area contributed by atoms with Crippen LogP contribution in [0.5, 0.6) is 5.75 Å².